The van der Waals surface area contributed by atoms with Gasteiger partial charge in [0.25, 0.3) is 23.6 Å². The highest BCUT2D eigenvalue weighted by Crippen LogP contribution is 2.35. The minimum Gasteiger partial charge on any atom is -0.299 e. The number of ketones is 1. The molecule has 4 rings (SSSR count). The van der Waals surface area contributed by atoms with E-state index in [-0.39, 0.29) is 29.4 Å². The average molecular weight is 825 g/mol. The molecule has 2 aliphatic rings. The van der Waals surface area contributed by atoms with Gasteiger partial charge in [-0.25, -0.2) is 0 Å². The van der Waals surface area contributed by atoms with E-state index in [1.54, 1.807) is 48.5 Å². The van der Waals surface area contributed by atoms with Crippen LogP contribution in [0.1, 0.15) is 249 Å². The summed E-state index contributed by atoms with van der Waals surface area (Å²) >= 11 is 0. The van der Waals surface area contributed by atoms with Crippen molar-refractivity contribution in [1.29, 1.82) is 0 Å². The van der Waals surface area contributed by atoms with Crippen LogP contribution in [0.3, 0.4) is 0 Å². The van der Waals surface area contributed by atoms with Gasteiger partial charge in [-0.15, -0.1) is 0 Å². The minimum atomic E-state index is -0.661. The van der Waals surface area contributed by atoms with Gasteiger partial charge in [0.1, 0.15) is 5.78 Å². The van der Waals surface area contributed by atoms with Crippen LogP contribution in [0.4, 0.5) is 0 Å². The van der Waals surface area contributed by atoms with Crippen LogP contribution in [0.15, 0.2) is 48.5 Å². The van der Waals surface area contributed by atoms with Crippen molar-refractivity contribution in [1.82, 2.24) is 9.80 Å². The number of hydrogen-bond donors (Lipinski definition) is 0. The fourth-order valence-corrected chi connectivity index (χ4v) is 9.80. The van der Waals surface area contributed by atoms with Crippen molar-refractivity contribution >= 4 is 29.4 Å². The highest BCUT2D eigenvalue weighted by Gasteiger charge is 2.47. The molecule has 7 nitrogen and oxygen atoms in total. The Bertz CT molecular complexity index is 1450. The van der Waals surface area contributed by atoms with Gasteiger partial charge in [-0.2, -0.15) is 0 Å². The molecule has 0 spiro atoms. The lowest BCUT2D eigenvalue weighted by molar-refractivity contribution is -0.130. The number of carbonyl (C=O) groups is 5. The number of Topliss-reactive ketones (excluding diaryl/α,β-unsaturated/α-hetero) is 1. The number of amides is 4. The van der Waals surface area contributed by atoms with Gasteiger partial charge in [0.2, 0.25) is 0 Å². The maximum atomic E-state index is 15.2. The second kappa shape index (κ2) is 27.4. The van der Waals surface area contributed by atoms with Gasteiger partial charge in [-0.1, -0.05) is 205 Å². The molecule has 2 heterocycles. The molecule has 7 heteroatoms. The van der Waals surface area contributed by atoms with Gasteiger partial charge < -0.3 is 0 Å². The standard InChI is InChI=1S/C53H80N2O5/c1-5-7-9-11-13-15-17-19-21-23-25-27-29-35-43(41(3)54-50(57)45-37-31-32-38-46(45)51(54)58)49(56)44(36-30-28-26-24-22-20-18-16-14-12-10-8-6-2)42(4)55-52(59)47-39-33-34-40-48(47)53(55)60/h31-34,37-44H,5-30,35-36H2,1-4H3. The van der Waals surface area contributed by atoms with E-state index in [4.69, 9.17) is 0 Å². The summed E-state index contributed by atoms with van der Waals surface area (Å²) in [6, 6.07) is 12.5. The molecule has 0 N–H and O–H groups in total. The van der Waals surface area contributed by atoms with Crippen molar-refractivity contribution in [2.75, 3.05) is 0 Å². The zero-order valence-corrected chi connectivity index (χ0v) is 38.2. The SMILES string of the molecule is CCCCCCCCCCCCCCCC(C(=O)C(CCCCCCCCCCCCCCC)C(C)N1C(=O)c2ccccc2C1=O)C(C)N1C(=O)c2ccccc2C1=O. The monoisotopic (exact) mass is 825 g/mol. The number of hydrogen-bond acceptors (Lipinski definition) is 5. The molecule has 0 saturated heterocycles. The number of rotatable bonds is 34. The van der Waals surface area contributed by atoms with Crippen LogP contribution in [-0.4, -0.2) is 51.3 Å². The third-order valence-corrected chi connectivity index (χ3v) is 13.6. The fourth-order valence-electron chi connectivity index (χ4n) is 9.80. The van der Waals surface area contributed by atoms with Crippen molar-refractivity contribution in [2.45, 2.75) is 220 Å². The Morgan fingerprint density at radius 3 is 0.833 bits per heavy atom. The Balaban J connectivity index is 1.42. The van der Waals surface area contributed by atoms with Crippen LogP contribution in [0.25, 0.3) is 0 Å². The Hall–Kier alpha value is -3.61. The summed E-state index contributed by atoms with van der Waals surface area (Å²) in [5.41, 5.74) is 1.52. The third kappa shape index (κ3) is 14.2. The summed E-state index contributed by atoms with van der Waals surface area (Å²) in [7, 11) is 0. The normalized spacial score (nSPS) is 15.7. The van der Waals surface area contributed by atoms with Crippen LogP contribution in [0.5, 0.6) is 0 Å². The summed E-state index contributed by atoms with van der Waals surface area (Å²) in [6.07, 6.45) is 32.8. The van der Waals surface area contributed by atoms with Gasteiger partial charge in [0, 0.05) is 23.9 Å². The predicted octanol–water partition coefficient (Wildman–Crippen LogP) is 14.1. The summed E-state index contributed by atoms with van der Waals surface area (Å²) in [5.74, 6) is -2.67. The molecular weight excluding hydrogens is 745 g/mol. The quantitative estimate of drug-likeness (QED) is 0.0518. The number of unbranched alkanes of at least 4 members (excludes halogenated alkanes) is 24. The molecule has 2 aliphatic heterocycles. The first-order valence-electron chi connectivity index (χ1n) is 24.7. The molecular formula is C53H80N2O5. The largest absolute Gasteiger partial charge is 0.299 e. The van der Waals surface area contributed by atoms with Gasteiger partial charge in [-0.3, -0.25) is 33.8 Å². The minimum absolute atomic E-state index is 0.0408. The van der Waals surface area contributed by atoms with E-state index in [9.17, 15) is 19.2 Å². The van der Waals surface area contributed by atoms with E-state index in [2.05, 4.69) is 13.8 Å². The van der Waals surface area contributed by atoms with Gasteiger partial charge in [-0.05, 0) is 51.0 Å². The molecule has 2 aromatic carbocycles. The summed E-state index contributed by atoms with van der Waals surface area (Å²) in [5, 5.41) is 0. The third-order valence-electron chi connectivity index (χ3n) is 13.6. The second-order valence-electron chi connectivity index (χ2n) is 18.2. The summed E-state index contributed by atoms with van der Waals surface area (Å²) < 4.78 is 0. The Labute approximate surface area is 364 Å². The number of imide groups is 2. The molecule has 0 saturated carbocycles. The summed E-state index contributed by atoms with van der Waals surface area (Å²) in [4.78, 5) is 73.0. The number of carbonyl (C=O) groups excluding carboxylic acids is 5. The molecule has 332 valence electrons. The molecule has 60 heavy (non-hydrogen) atoms. The zero-order valence-electron chi connectivity index (χ0n) is 38.2. The van der Waals surface area contributed by atoms with Crippen LogP contribution in [0, 0.1) is 11.8 Å². The van der Waals surface area contributed by atoms with Crippen LogP contribution >= 0.6 is 0 Å². The number of benzene rings is 2. The smallest absolute Gasteiger partial charge is 0.261 e. The topological polar surface area (TPSA) is 91.8 Å². The van der Waals surface area contributed by atoms with Crippen LogP contribution in [0.2, 0.25) is 0 Å². The Morgan fingerprint density at radius 2 is 0.600 bits per heavy atom. The fraction of sp³-hybridized carbons (Fsp3) is 0.679. The zero-order chi connectivity index (χ0) is 43.1. The second-order valence-corrected chi connectivity index (χ2v) is 18.2. The molecule has 0 fully saturated rings. The predicted molar refractivity (Wildman–Crippen MR) is 245 cm³/mol. The highest BCUT2D eigenvalue weighted by molar-refractivity contribution is 6.22. The first-order chi connectivity index (χ1) is 29.2. The lowest BCUT2D eigenvalue weighted by Gasteiger charge is -2.36. The van der Waals surface area contributed by atoms with E-state index in [0.29, 0.717) is 35.1 Å². The van der Waals surface area contributed by atoms with Crippen molar-refractivity contribution in [3.63, 3.8) is 0 Å². The molecule has 4 atom stereocenters. The number of nitrogens with zero attached hydrogens (tertiary/aromatic N) is 2. The van der Waals surface area contributed by atoms with E-state index in [0.717, 1.165) is 38.5 Å². The van der Waals surface area contributed by atoms with E-state index < -0.39 is 23.9 Å². The molecule has 4 unspecified atom stereocenters. The van der Waals surface area contributed by atoms with Gasteiger partial charge in [0.15, 0.2) is 0 Å². The van der Waals surface area contributed by atoms with E-state index in [1.165, 1.54) is 138 Å². The lowest BCUT2D eigenvalue weighted by Crippen LogP contribution is -2.50. The Morgan fingerprint density at radius 1 is 0.383 bits per heavy atom. The highest BCUT2D eigenvalue weighted by atomic mass is 16.2. The van der Waals surface area contributed by atoms with Gasteiger partial charge >= 0.3 is 0 Å². The molecule has 0 aliphatic carbocycles. The first-order valence-corrected chi connectivity index (χ1v) is 24.7. The maximum absolute atomic E-state index is 15.2. The summed E-state index contributed by atoms with van der Waals surface area (Å²) in [6.45, 7) is 8.21. The lowest BCUT2D eigenvalue weighted by atomic mass is 9.78. The molecule has 0 bridgehead atoms. The Kier molecular flexibility index (Phi) is 22.4. The van der Waals surface area contributed by atoms with Crippen molar-refractivity contribution in [3.05, 3.63) is 70.8 Å². The molecule has 0 aromatic heterocycles. The van der Waals surface area contributed by atoms with E-state index >= 15 is 4.79 Å². The van der Waals surface area contributed by atoms with Crippen LogP contribution in [-0.2, 0) is 4.79 Å². The number of fused-ring (bicyclic) bond motifs is 2. The average Bonchev–Trinajstić information content (AvgIpc) is 3.67. The first kappa shape index (κ1) is 49.0. The van der Waals surface area contributed by atoms with Crippen molar-refractivity contribution in [3.8, 4) is 0 Å². The van der Waals surface area contributed by atoms with Crippen molar-refractivity contribution in [2.24, 2.45) is 11.8 Å². The molecule has 0 radical (unpaired) electrons. The van der Waals surface area contributed by atoms with Gasteiger partial charge in [0.05, 0.1) is 22.3 Å². The maximum Gasteiger partial charge on any atom is 0.261 e. The molecule has 4 amide bonds. The molecule has 2 aromatic rings. The van der Waals surface area contributed by atoms with Crippen LogP contribution < -0.4 is 0 Å². The van der Waals surface area contributed by atoms with Crippen molar-refractivity contribution < 1.29 is 24.0 Å². The van der Waals surface area contributed by atoms with E-state index in [1.807, 2.05) is 13.8 Å².